The van der Waals surface area contributed by atoms with E-state index in [4.69, 9.17) is 9.47 Å². The Morgan fingerprint density at radius 2 is 1.97 bits per heavy atom. The predicted molar refractivity (Wildman–Crippen MR) is 103 cm³/mol. The summed E-state index contributed by atoms with van der Waals surface area (Å²) in [5.74, 6) is -1.66. The maximum atomic E-state index is 12.4. The number of para-hydroxylation sites is 2. The number of rotatable bonds is 8. The number of anilines is 1. The quantitative estimate of drug-likeness (QED) is 0.627. The fraction of sp³-hybridized carbons (Fsp3) is 0.500. The van der Waals surface area contributed by atoms with Crippen LogP contribution in [0.15, 0.2) is 24.3 Å². The number of esters is 1. The number of methoxy groups -OCH3 is 1. The van der Waals surface area contributed by atoms with Gasteiger partial charge in [-0.1, -0.05) is 12.1 Å². The van der Waals surface area contributed by atoms with E-state index < -0.39 is 24.4 Å². The minimum atomic E-state index is -0.663. The van der Waals surface area contributed by atoms with Crippen LogP contribution in [0.25, 0.3) is 0 Å². The number of nitrogens with one attached hydrogen (secondary N) is 1. The van der Waals surface area contributed by atoms with Crippen molar-refractivity contribution in [3.63, 3.8) is 0 Å². The van der Waals surface area contributed by atoms with Crippen molar-refractivity contribution in [3.05, 3.63) is 24.3 Å². The van der Waals surface area contributed by atoms with Crippen molar-refractivity contribution in [1.82, 2.24) is 10.2 Å². The summed E-state index contributed by atoms with van der Waals surface area (Å²) in [7, 11) is 2.99. The number of amides is 3. The molecule has 9 heteroatoms. The van der Waals surface area contributed by atoms with Crippen LogP contribution >= 0.6 is 0 Å². The largest absolute Gasteiger partial charge is 0.495 e. The molecule has 1 N–H and O–H groups in total. The third-order valence-corrected chi connectivity index (χ3v) is 4.92. The standard InChI is InChI=1S/C20H25N3O6/c1-22(11-17(24)21-14-7-8-14)19(26)12-29-20(27)13-9-18(25)23(10-13)15-5-3-4-6-16(15)28-2/h3-6,13-14H,7-12H2,1-2H3,(H,21,24)/t13-/m0/s1. The Kier molecular flexibility index (Phi) is 6.36. The van der Waals surface area contributed by atoms with Gasteiger partial charge in [-0.25, -0.2) is 0 Å². The zero-order valence-corrected chi connectivity index (χ0v) is 16.6. The van der Waals surface area contributed by atoms with Gasteiger partial charge in [-0.15, -0.1) is 0 Å². The van der Waals surface area contributed by atoms with Crippen LogP contribution in [-0.2, 0) is 23.9 Å². The SMILES string of the molecule is COc1ccccc1N1C[C@@H](C(=O)OCC(=O)N(C)CC(=O)NC2CC2)CC1=O. The maximum Gasteiger partial charge on any atom is 0.311 e. The third-order valence-electron chi connectivity index (χ3n) is 4.92. The molecule has 1 aliphatic heterocycles. The van der Waals surface area contributed by atoms with Crippen molar-refractivity contribution in [3.8, 4) is 5.75 Å². The van der Waals surface area contributed by atoms with Gasteiger partial charge in [-0.05, 0) is 25.0 Å². The highest BCUT2D eigenvalue weighted by Gasteiger charge is 2.37. The third kappa shape index (κ3) is 5.24. The first-order valence-corrected chi connectivity index (χ1v) is 9.52. The van der Waals surface area contributed by atoms with Gasteiger partial charge in [0.2, 0.25) is 11.8 Å². The highest BCUT2D eigenvalue weighted by molar-refractivity contribution is 6.00. The lowest BCUT2D eigenvalue weighted by Crippen LogP contribution is -2.41. The maximum absolute atomic E-state index is 12.4. The van der Waals surface area contributed by atoms with E-state index in [1.807, 2.05) is 0 Å². The zero-order chi connectivity index (χ0) is 21.0. The van der Waals surface area contributed by atoms with Crippen LogP contribution < -0.4 is 15.0 Å². The molecule has 1 saturated heterocycles. The van der Waals surface area contributed by atoms with Crippen LogP contribution in [0.1, 0.15) is 19.3 Å². The number of hydrogen-bond acceptors (Lipinski definition) is 6. The van der Waals surface area contributed by atoms with E-state index >= 15 is 0 Å². The summed E-state index contributed by atoms with van der Waals surface area (Å²) in [6.45, 7) is -0.395. The lowest BCUT2D eigenvalue weighted by atomic mass is 10.1. The fourth-order valence-electron chi connectivity index (χ4n) is 3.12. The minimum Gasteiger partial charge on any atom is -0.495 e. The van der Waals surface area contributed by atoms with Crippen molar-refractivity contribution in [2.24, 2.45) is 5.92 Å². The summed E-state index contributed by atoms with van der Waals surface area (Å²) in [5.41, 5.74) is 0.591. The normalized spacial score (nSPS) is 18.3. The highest BCUT2D eigenvalue weighted by Crippen LogP contribution is 2.33. The lowest BCUT2D eigenvalue weighted by Gasteiger charge is -2.19. The zero-order valence-electron chi connectivity index (χ0n) is 16.6. The van der Waals surface area contributed by atoms with Gasteiger partial charge in [-0.2, -0.15) is 0 Å². The highest BCUT2D eigenvalue weighted by atomic mass is 16.5. The molecule has 2 fully saturated rings. The first kappa shape index (κ1) is 20.6. The number of ether oxygens (including phenoxy) is 2. The topological polar surface area (TPSA) is 105 Å². The van der Waals surface area contributed by atoms with Gasteiger partial charge in [0.1, 0.15) is 5.75 Å². The number of nitrogens with zero attached hydrogens (tertiary/aromatic N) is 2. The van der Waals surface area contributed by atoms with E-state index in [2.05, 4.69) is 5.32 Å². The predicted octanol–water partition coefficient (Wildman–Crippen LogP) is 0.328. The van der Waals surface area contributed by atoms with Crippen molar-refractivity contribution in [2.75, 3.05) is 38.8 Å². The summed E-state index contributed by atoms with van der Waals surface area (Å²) in [4.78, 5) is 51.3. The molecule has 156 valence electrons. The van der Waals surface area contributed by atoms with Crippen LogP contribution in [0.2, 0.25) is 0 Å². The molecular formula is C20H25N3O6. The smallest absolute Gasteiger partial charge is 0.311 e. The Morgan fingerprint density at radius 3 is 2.66 bits per heavy atom. The van der Waals surface area contributed by atoms with Gasteiger partial charge in [0.05, 0.1) is 25.3 Å². The molecule has 0 spiro atoms. The summed E-state index contributed by atoms with van der Waals surface area (Å²) in [6.07, 6.45) is 1.94. The minimum absolute atomic E-state index is 0.00467. The number of carbonyl (C=O) groups excluding carboxylic acids is 4. The van der Waals surface area contributed by atoms with E-state index in [0.717, 1.165) is 12.8 Å². The second kappa shape index (κ2) is 8.93. The molecule has 0 aromatic heterocycles. The van der Waals surface area contributed by atoms with Crippen LogP contribution in [0.4, 0.5) is 5.69 Å². The molecule has 1 saturated carbocycles. The molecule has 0 unspecified atom stereocenters. The van der Waals surface area contributed by atoms with Crippen LogP contribution in [0, 0.1) is 5.92 Å². The molecule has 1 atom stereocenters. The van der Waals surface area contributed by atoms with E-state index in [0.29, 0.717) is 11.4 Å². The molecule has 0 bridgehead atoms. The Morgan fingerprint density at radius 1 is 1.24 bits per heavy atom. The number of likely N-dealkylation sites (N-methyl/N-ethyl adjacent to an activating group) is 1. The van der Waals surface area contributed by atoms with Crippen molar-refractivity contribution in [1.29, 1.82) is 0 Å². The molecule has 1 aromatic rings. The second-order valence-electron chi connectivity index (χ2n) is 7.28. The van der Waals surface area contributed by atoms with E-state index in [1.54, 1.807) is 24.3 Å². The number of benzene rings is 1. The van der Waals surface area contributed by atoms with Gasteiger partial charge in [0.15, 0.2) is 6.61 Å². The van der Waals surface area contributed by atoms with Gasteiger partial charge < -0.3 is 24.6 Å². The molecule has 3 rings (SSSR count). The Hall–Kier alpha value is -3.10. The number of hydrogen-bond donors (Lipinski definition) is 1. The fourth-order valence-corrected chi connectivity index (χ4v) is 3.12. The molecule has 1 aromatic carbocycles. The van der Waals surface area contributed by atoms with Gasteiger partial charge in [0, 0.05) is 26.1 Å². The second-order valence-corrected chi connectivity index (χ2v) is 7.28. The monoisotopic (exact) mass is 403 g/mol. The summed E-state index contributed by atoms with van der Waals surface area (Å²) in [5, 5.41) is 2.79. The van der Waals surface area contributed by atoms with E-state index in [1.165, 1.54) is 24.0 Å². The molecule has 0 radical (unpaired) electrons. The van der Waals surface area contributed by atoms with Gasteiger partial charge in [-0.3, -0.25) is 19.2 Å². The molecule has 1 heterocycles. The van der Waals surface area contributed by atoms with Gasteiger partial charge in [0.25, 0.3) is 5.91 Å². The van der Waals surface area contributed by atoms with Crippen LogP contribution in [-0.4, -0.2) is 68.5 Å². The molecule has 2 aliphatic rings. The Balaban J connectivity index is 1.48. The van der Waals surface area contributed by atoms with E-state index in [-0.39, 0.29) is 37.4 Å². The average molecular weight is 403 g/mol. The molecule has 29 heavy (non-hydrogen) atoms. The summed E-state index contributed by atoms with van der Waals surface area (Å²) < 4.78 is 10.4. The molecular weight excluding hydrogens is 378 g/mol. The molecule has 9 nitrogen and oxygen atoms in total. The first-order valence-electron chi connectivity index (χ1n) is 9.52. The van der Waals surface area contributed by atoms with Gasteiger partial charge >= 0.3 is 5.97 Å². The van der Waals surface area contributed by atoms with E-state index in [9.17, 15) is 19.2 Å². The van der Waals surface area contributed by atoms with Crippen LogP contribution in [0.3, 0.4) is 0 Å². The summed E-state index contributed by atoms with van der Waals surface area (Å²) >= 11 is 0. The Bertz CT molecular complexity index is 807. The molecule has 3 amide bonds. The molecule has 1 aliphatic carbocycles. The van der Waals surface area contributed by atoms with Crippen molar-refractivity contribution < 1.29 is 28.7 Å². The average Bonchev–Trinajstić information content (AvgIpc) is 3.43. The summed E-state index contributed by atoms with van der Waals surface area (Å²) in [6, 6.07) is 7.28. The number of carbonyl (C=O) groups is 4. The van der Waals surface area contributed by atoms with Crippen LogP contribution in [0.5, 0.6) is 5.75 Å². The lowest BCUT2D eigenvalue weighted by molar-refractivity contribution is -0.155. The Labute approximate surface area is 168 Å². The van der Waals surface area contributed by atoms with Crippen molar-refractivity contribution >= 4 is 29.4 Å². The van der Waals surface area contributed by atoms with Crippen molar-refractivity contribution in [2.45, 2.75) is 25.3 Å². The first-order chi connectivity index (χ1) is 13.9.